The molecule has 5 heteroatoms. The Bertz CT molecular complexity index is 377. The van der Waals surface area contributed by atoms with Gasteiger partial charge in [0.05, 0.1) is 12.0 Å². The summed E-state index contributed by atoms with van der Waals surface area (Å²) in [7, 11) is 0. The molecule has 1 heterocycles. The first-order valence-electron chi connectivity index (χ1n) is 7.74. The summed E-state index contributed by atoms with van der Waals surface area (Å²) in [4.78, 5) is 25.5. The zero-order valence-corrected chi connectivity index (χ0v) is 12.5. The number of carboxylic acids is 1. The topological polar surface area (TPSA) is 69.6 Å². The van der Waals surface area contributed by atoms with Crippen LogP contribution in [-0.4, -0.2) is 40.1 Å². The molecule has 0 spiro atoms. The number of aliphatic carboxylic acids is 1. The summed E-state index contributed by atoms with van der Waals surface area (Å²) in [5, 5.41) is 12.1. The second kappa shape index (κ2) is 6.02. The number of likely N-dealkylation sites (tertiary alicyclic amines) is 1. The molecule has 2 unspecified atom stereocenters. The van der Waals surface area contributed by atoms with Crippen molar-refractivity contribution in [3.8, 4) is 0 Å². The number of hydrogen-bond acceptors (Lipinski definition) is 2. The number of carboxylic acid groups (broad SMARTS) is 1. The molecule has 114 valence electrons. The number of urea groups is 1. The molecule has 2 N–H and O–H groups in total. The van der Waals surface area contributed by atoms with Gasteiger partial charge in [0.1, 0.15) is 0 Å². The molecule has 0 aromatic carbocycles. The van der Waals surface area contributed by atoms with E-state index in [0.717, 1.165) is 45.1 Å². The Morgan fingerprint density at radius 3 is 2.50 bits per heavy atom. The van der Waals surface area contributed by atoms with Crippen molar-refractivity contribution in [3.63, 3.8) is 0 Å². The molecule has 1 aliphatic carbocycles. The Labute approximate surface area is 120 Å². The van der Waals surface area contributed by atoms with Crippen LogP contribution in [0.1, 0.15) is 58.8 Å². The third-order valence-electron chi connectivity index (χ3n) is 5.06. The molecule has 2 amide bonds. The summed E-state index contributed by atoms with van der Waals surface area (Å²) in [6.07, 6.45) is 5.79. The van der Waals surface area contributed by atoms with Crippen LogP contribution in [0.25, 0.3) is 0 Å². The Balaban J connectivity index is 2.03. The summed E-state index contributed by atoms with van der Waals surface area (Å²) >= 11 is 0. The van der Waals surface area contributed by atoms with Crippen molar-refractivity contribution in [3.05, 3.63) is 0 Å². The van der Waals surface area contributed by atoms with Crippen LogP contribution < -0.4 is 5.32 Å². The smallest absolute Gasteiger partial charge is 0.318 e. The molecule has 0 aromatic rings. The van der Waals surface area contributed by atoms with Gasteiger partial charge in [-0.15, -0.1) is 0 Å². The number of nitrogens with zero attached hydrogens (tertiary/aromatic N) is 1. The summed E-state index contributed by atoms with van der Waals surface area (Å²) in [6.45, 7) is 5.04. The molecule has 0 bridgehead atoms. The van der Waals surface area contributed by atoms with Crippen LogP contribution in [0.3, 0.4) is 0 Å². The van der Waals surface area contributed by atoms with Gasteiger partial charge in [0.15, 0.2) is 0 Å². The Hall–Kier alpha value is -1.26. The zero-order valence-electron chi connectivity index (χ0n) is 12.5. The van der Waals surface area contributed by atoms with E-state index in [2.05, 4.69) is 19.2 Å². The first-order chi connectivity index (χ1) is 9.43. The first kappa shape index (κ1) is 15.1. The summed E-state index contributed by atoms with van der Waals surface area (Å²) in [6, 6.07) is 0.152. The summed E-state index contributed by atoms with van der Waals surface area (Å²) in [5.74, 6) is -0.319. The lowest BCUT2D eigenvalue weighted by atomic mass is 9.91. The maximum atomic E-state index is 12.5. The van der Waals surface area contributed by atoms with Crippen molar-refractivity contribution >= 4 is 12.0 Å². The third-order valence-corrected chi connectivity index (χ3v) is 5.06. The predicted octanol–water partition coefficient (Wildman–Crippen LogP) is 2.60. The van der Waals surface area contributed by atoms with Crippen molar-refractivity contribution in [2.24, 2.45) is 5.92 Å². The van der Waals surface area contributed by atoms with Crippen molar-refractivity contribution in [2.45, 2.75) is 70.4 Å². The second-order valence-corrected chi connectivity index (χ2v) is 6.54. The number of rotatable bonds is 3. The van der Waals surface area contributed by atoms with Gasteiger partial charge in [0, 0.05) is 12.6 Å². The average Bonchev–Trinajstić information content (AvgIpc) is 2.79. The van der Waals surface area contributed by atoms with Gasteiger partial charge in [0.25, 0.3) is 0 Å². The molecule has 0 radical (unpaired) electrons. The van der Waals surface area contributed by atoms with E-state index >= 15 is 0 Å². The minimum Gasteiger partial charge on any atom is -0.481 e. The highest BCUT2D eigenvalue weighted by atomic mass is 16.4. The number of hydrogen-bond donors (Lipinski definition) is 2. The van der Waals surface area contributed by atoms with E-state index in [0.29, 0.717) is 5.92 Å². The van der Waals surface area contributed by atoms with E-state index in [1.54, 1.807) is 0 Å². The standard InChI is InChI=1S/C15H26N2O3/c1-11-6-5-9-17(12(11)2)14(20)16-15(10-13(18)19)7-3-4-8-15/h11-12H,3-10H2,1-2H3,(H,16,20)(H,18,19). The van der Waals surface area contributed by atoms with E-state index in [1.807, 2.05) is 4.90 Å². The van der Waals surface area contributed by atoms with Gasteiger partial charge >= 0.3 is 12.0 Å². The lowest BCUT2D eigenvalue weighted by Gasteiger charge is -2.40. The van der Waals surface area contributed by atoms with E-state index in [-0.39, 0.29) is 18.5 Å². The fourth-order valence-corrected chi connectivity index (χ4v) is 3.61. The fraction of sp³-hybridized carbons (Fsp3) is 0.867. The SMILES string of the molecule is CC1CCCN(C(=O)NC2(CC(=O)O)CCCC2)C1C. The summed E-state index contributed by atoms with van der Waals surface area (Å²) in [5.41, 5.74) is -0.524. The molecule has 2 fully saturated rings. The second-order valence-electron chi connectivity index (χ2n) is 6.54. The molecule has 1 aliphatic heterocycles. The Kier molecular flexibility index (Phi) is 4.55. The van der Waals surface area contributed by atoms with E-state index in [9.17, 15) is 9.59 Å². The molecule has 1 saturated carbocycles. The van der Waals surface area contributed by atoms with Crippen LogP contribution in [0.4, 0.5) is 4.79 Å². The van der Waals surface area contributed by atoms with Crippen molar-refractivity contribution in [2.75, 3.05) is 6.54 Å². The molecule has 2 rings (SSSR count). The molecule has 0 aromatic heterocycles. The maximum absolute atomic E-state index is 12.5. The Morgan fingerprint density at radius 1 is 1.25 bits per heavy atom. The molecular formula is C15H26N2O3. The maximum Gasteiger partial charge on any atom is 0.318 e. The number of piperidine rings is 1. The van der Waals surface area contributed by atoms with Crippen molar-refractivity contribution in [1.29, 1.82) is 0 Å². The third kappa shape index (κ3) is 3.25. The predicted molar refractivity (Wildman–Crippen MR) is 76.5 cm³/mol. The highest BCUT2D eigenvalue weighted by Gasteiger charge is 2.39. The van der Waals surface area contributed by atoms with Crippen LogP contribution in [0.5, 0.6) is 0 Å². The number of carbonyl (C=O) groups is 2. The van der Waals surface area contributed by atoms with Crippen LogP contribution in [0.2, 0.25) is 0 Å². The van der Waals surface area contributed by atoms with Gasteiger partial charge in [-0.1, -0.05) is 19.8 Å². The monoisotopic (exact) mass is 282 g/mol. The van der Waals surface area contributed by atoms with Gasteiger partial charge in [-0.25, -0.2) is 4.79 Å². The number of carbonyl (C=O) groups excluding carboxylic acids is 1. The minimum absolute atomic E-state index is 0.0382. The molecule has 2 atom stereocenters. The summed E-state index contributed by atoms with van der Waals surface area (Å²) < 4.78 is 0. The van der Waals surface area contributed by atoms with Crippen molar-refractivity contribution in [1.82, 2.24) is 10.2 Å². The zero-order chi connectivity index (χ0) is 14.8. The van der Waals surface area contributed by atoms with Crippen LogP contribution in [0.15, 0.2) is 0 Å². The van der Waals surface area contributed by atoms with Gasteiger partial charge in [0.2, 0.25) is 0 Å². The molecular weight excluding hydrogens is 256 g/mol. The number of amides is 2. The molecule has 20 heavy (non-hydrogen) atoms. The van der Waals surface area contributed by atoms with E-state index < -0.39 is 11.5 Å². The lowest BCUT2D eigenvalue weighted by Crippen LogP contribution is -2.57. The van der Waals surface area contributed by atoms with Gasteiger partial charge < -0.3 is 15.3 Å². The van der Waals surface area contributed by atoms with Crippen LogP contribution in [0, 0.1) is 5.92 Å². The van der Waals surface area contributed by atoms with Crippen LogP contribution >= 0.6 is 0 Å². The average molecular weight is 282 g/mol. The fourth-order valence-electron chi connectivity index (χ4n) is 3.61. The van der Waals surface area contributed by atoms with E-state index in [4.69, 9.17) is 5.11 Å². The van der Waals surface area contributed by atoms with Gasteiger partial charge in [-0.2, -0.15) is 0 Å². The van der Waals surface area contributed by atoms with Crippen molar-refractivity contribution < 1.29 is 14.7 Å². The van der Waals surface area contributed by atoms with Gasteiger partial charge in [-0.05, 0) is 38.5 Å². The van der Waals surface area contributed by atoms with Gasteiger partial charge in [-0.3, -0.25) is 4.79 Å². The van der Waals surface area contributed by atoms with E-state index in [1.165, 1.54) is 0 Å². The van der Waals surface area contributed by atoms with Crippen LogP contribution in [-0.2, 0) is 4.79 Å². The highest BCUT2D eigenvalue weighted by molar-refractivity contribution is 5.77. The first-order valence-corrected chi connectivity index (χ1v) is 7.74. The lowest BCUT2D eigenvalue weighted by molar-refractivity contribution is -0.138. The number of nitrogens with one attached hydrogen (secondary N) is 1. The highest BCUT2D eigenvalue weighted by Crippen LogP contribution is 2.33. The minimum atomic E-state index is -0.827. The molecule has 2 aliphatic rings. The molecule has 5 nitrogen and oxygen atoms in total. The Morgan fingerprint density at radius 2 is 1.90 bits per heavy atom. The largest absolute Gasteiger partial charge is 0.481 e. The molecule has 1 saturated heterocycles. The normalized spacial score (nSPS) is 29.2. The quantitative estimate of drug-likeness (QED) is 0.836.